The van der Waals surface area contributed by atoms with E-state index in [1.54, 1.807) is 11.3 Å². The summed E-state index contributed by atoms with van der Waals surface area (Å²) < 4.78 is 5.87. The molecule has 2 aromatic heterocycles. The Hall–Kier alpha value is -2.90. The van der Waals surface area contributed by atoms with Crippen LogP contribution in [0.4, 0.5) is 11.5 Å². The van der Waals surface area contributed by atoms with E-state index in [0.29, 0.717) is 18.7 Å². The van der Waals surface area contributed by atoms with Crippen LogP contribution in [0, 0.1) is 0 Å². The first kappa shape index (κ1) is 21.6. The highest BCUT2D eigenvalue weighted by molar-refractivity contribution is 7.17. The molecule has 7 heteroatoms. The van der Waals surface area contributed by atoms with Gasteiger partial charge < -0.3 is 19.4 Å². The van der Waals surface area contributed by atoms with Crippen LogP contribution in [0.25, 0.3) is 10.4 Å². The van der Waals surface area contributed by atoms with Crippen LogP contribution in [0.1, 0.15) is 34.5 Å². The van der Waals surface area contributed by atoms with Crippen molar-refractivity contribution in [3.63, 3.8) is 0 Å². The Morgan fingerprint density at radius 2 is 1.88 bits per heavy atom. The average Bonchev–Trinajstić information content (AvgIpc) is 3.34. The van der Waals surface area contributed by atoms with E-state index in [2.05, 4.69) is 48.2 Å². The number of nitrogens with zero attached hydrogens (tertiary/aromatic N) is 4. The van der Waals surface area contributed by atoms with Crippen molar-refractivity contribution >= 4 is 28.7 Å². The maximum atomic E-state index is 13.4. The molecule has 3 aromatic rings. The summed E-state index contributed by atoms with van der Waals surface area (Å²) in [4.78, 5) is 26.6. The zero-order valence-electron chi connectivity index (χ0n) is 19.7. The molecular formula is C27H30N4O2S. The summed E-state index contributed by atoms with van der Waals surface area (Å²) >= 11 is 1.59. The van der Waals surface area contributed by atoms with Crippen LogP contribution in [0.3, 0.4) is 0 Å². The minimum atomic E-state index is 0.0783. The Morgan fingerprint density at radius 1 is 1.06 bits per heavy atom. The van der Waals surface area contributed by atoms with Gasteiger partial charge in [-0.05, 0) is 93.4 Å². The molecule has 6 nitrogen and oxygen atoms in total. The van der Waals surface area contributed by atoms with Gasteiger partial charge in [0.1, 0.15) is 11.6 Å². The lowest BCUT2D eigenvalue weighted by Crippen LogP contribution is -2.36. The molecule has 6 rings (SSSR count). The van der Waals surface area contributed by atoms with Crippen molar-refractivity contribution in [2.75, 3.05) is 43.5 Å². The van der Waals surface area contributed by atoms with Gasteiger partial charge in [-0.25, -0.2) is 4.98 Å². The second-order valence-corrected chi connectivity index (χ2v) is 10.8. The van der Waals surface area contributed by atoms with Gasteiger partial charge in [-0.1, -0.05) is 0 Å². The first-order chi connectivity index (χ1) is 16.5. The highest BCUT2D eigenvalue weighted by Gasteiger charge is 2.29. The highest BCUT2D eigenvalue weighted by atomic mass is 32.1. The fraction of sp³-hybridized carbons (Fsp3) is 0.407. The van der Waals surface area contributed by atoms with E-state index in [0.717, 1.165) is 76.9 Å². The Labute approximate surface area is 204 Å². The fourth-order valence-corrected chi connectivity index (χ4v) is 5.98. The van der Waals surface area contributed by atoms with Gasteiger partial charge in [0.2, 0.25) is 0 Å². The average molecular weight is 475 g/mol. The number of pyridine rings is 1. The van der Waals surface area contributed by atoms with E-state index in [9.17, 15) is 4.79 Å². The van der Waals surface area contributed by atoms with Crippen molar-refractivity contribution in [1.29, 1.82) is 0 Å². The standard InChI is InChI=1S/C27H30N4O2S/c1-29(2)21-12-13-30(17-21)25-10-5-20(16-28-25)31-14-11-19-15-24(34-26(19)27(31)32)18-3-6-22(7-4-18)33-23-8-9-23/h3-7,10,15-16,21,23H,8-9,11-14,17H2,1-2H3/t21-/m0/s1. The Kier molecular flexibility index (Phi) is 5.54. The van der Waals surface area contributed by atoms with E-state index < -0.39 is 0 Å². The molecule has 0 radical (unpaired) electrons. The van der Waals surface area contributed by atoms with Crippen molar-refractivity contribution < 1.29 is 9.53 Å². The lowest BCUT2D eigenvalue weighted by molar-refractivity contribution is 0.0985. The van der Waals surface area contributed by atoms with Crippen LogP contribution in [0.2, 0.25) is 0 Å². The number of rotatable bonds is 6. The molecule has 1 aromatic carbocycles. The largest absolute Gasteiger partial charge is 0.490 e. The lowest BCUT2D eigenvalue weighted by Gasteiger charge is -2.27. The van der Waals surface area contributed by atoms with Gasteiger partial charge in [0.05, 0.1) is 22.9 Å². The number of fused-ring (bicyclic) bond motifs is 1. The smallest absolute Gasteiger partial charge is 0.268 e. The highest BCUT2D eigenvalue weighted by Crippen LogP contribution is 2.37. The molecule has 176 valence electrons. The van der Waals surface area contributed by atoms with E-state index >= 15 is 0 Å². The number of carbonyl (C=O) groups is 1. The molecule has 4 heterocycles. The molecule has 0 bridgehead atoms. The second-order valence-electron chi connectivity index (χ2n) is 9.74. The van der Waals surface area contributed by atoms with Gasteiger partial charge >= 0.3 is 0 Å². The summed E-state index contributed by atoms with van der Waals surface area (Å²) in [7, 11) is 4.27. The van der Waals surface area contributed by atoms with Crippen LogP contribution >= 0.6 is 11.3 Å². The van der Waals surface area contributed by atoms with Gasteiger partial charge in [-0.2, -0.15) is 0 Å². The molecule has 0 spiro atoms. The number of likely N-dealkylation sites (N-methyl/N-ethyl adjacent to an activating group) is 1. The summed E-state index contributed by atoms with van der Waals surface area (Å²) in [5.74, 6) is 2.00. The number of anilines is 2. The maximum Gasteiger partial charge on any atom is 0.268 e. The number of aromatic nitrogens is 1. The number of hydrogen-bond donors (Lipinski definition) is 0. The first-order valence-corrected chi connectivity index (χ1v) is 13.0. The zero-order valence-corrected chi connectivity index (χ0v) is 20.6. The number of hydrogen-bond acceptors (Lipinski definition) is 6. The van der Waals surface area contributed by atoms with Crippen molar-refractivity contribution in [1.82, 2.24) is 9.88 Å². The predicted molar refractivity (Wildman–Crippen MR) is 137 cm³/mol. The van der Waals surface area contributed by atoms with Gasteiger partial charge in [0.15, 0.2) is 0 Å². The van der Waals surface area contributed by atoms with Gasteiger partial charge in [-0.15, -0.1) is 11.3 Å². The summed E-state index contributed by atoms with van der Waals surface area (Å²) in [6.07, 6.45) is 6.59. The molecule has 0 unspecified atom stereocenters. The fourth-order valence-electron chi connectivity index (χ4n) is 4.81. The molecule has 1 saturated heterocycles. The summed E-state index contributed by atoms with van der Waals surface area (Å²) in [6, 6.07) is 15.1. The van der Waals surface area contributed by atoms with Crippen LogP contribution in [-0.2, 0) is 6.42 Å². The summed E-state index contributed by atoms with van der Waals surface area (Å²) in [6.45, 7) is 2.70. The molecule has 1 atom stereocenters. The number of amides is 1. The van der Waals surface area contributed by atoms with E-state index in [4.69, 9.17) is 9.72 Å². The second kappa shape index (κ2) is 8.71. The molecule has 34 heavy (non-hydrogen) atoms. The molecule has 1 aliphatic carbocycles. The van der Waals surface area contributed by atoms with E-state index in [-0.39, 0.29) is 5.91 Å². The van der Waals surface area contributed by atoms with E-state index in [1.807, 2.05) is 29.3 Å². The number of carbonyl (C=O) groups excluding carboxylic acids is 1. The van der Waals surface area contributed by atoms with Crippen molar-refractivity contribution in [2.24, 2.45) is 0 Å². The van der Waals surface area contributed by atoms with Gasteiger partial charge in [0, 0.05) is 30.6 Å². The number of benzene rings is 1. The first-order valence-electron chi connectivity index (χ1n) is 12.1. The molecule has 0 N–H and O–H groups in total. The van der Waals surface area contributed by atoms with Gasteiger partial charge in [-0.3, -0.25) is 4.79 Å². The normalized spacial score (nSPS) is 20.2. The molecule has 2 aliphatic heterocycles. The SMILES string of the molecule is CN(C)[C@H]1CCN(c2ccc(N3CCc4cc(-c5ccc(OC6CC6)cc5)sc4C3=O)cn2)C1. The Bertz CT molecular complexity index is 1180. The third-order valence-electron chi connectivity index (χ3n) is 7.08. The van der Waals surface area contributed by atoms with Gasteiger partial charge in [0.25, 0.3) is 5.91 Å². The molecular weight excluding hydrogens is 444 g/mol. The minimum Gasteiger partial charge on any atom is -0.490 e. The zero-order chi connectivity index (χ0) is 23.2. The Balaban J connectivity index is 1.16. The van der Waals surface area contributed by atoms with Crippen LogP contribution < -0.4 is 14.5 Å². The molecule has 3 aliphatic rings. The topological polar surface area (TPSA) is 48.9 Å². The van der Waals surface area contributed by atoms with Crippen molar-refractivity contribution in [3.8, 4) is 16.2 Å². The third-order valence-corrected chi connectivity index (χ3v) is 8.30. The summed E-state index contributed by atoms with van der Waals surface area (Å²) in [5.41, 5.74) is 3.16. The molecule has 1 amide bonds. The Morgan fingerprint density at radius 3 is 2.56 bits per heavy atom. The quantitative estimate of drug-likeness (QED) is 0.519. The molecule has 2 fully saturated rings. The lowest BCUT2D eigenvalue weighted by atomic mass is 10.1. The monoisotopic (exact) mass is 474 g/mol. The molecule has 1 saturated carbocycles. The summed E-state index contributed by atoms with van der Waals surface area (Å²) in [5, 5.41) is 0. The van der Waals surface area contributed by atoms with E-state index in [1.165, 1.54) is 0 Å². The van der Waals surface area contributed by atoms with Crippen LogP contribution in [0.5, 0.6) is 5.75 Å². The van der Waals surface area contributed by atoms with Crippen molar-refractivity contribution in [3.05, 3.63) is 59.1 Å². The van der Waals surface area contributed by atoms with Crippen molar-refractivity contribution in [2.45, 2.75) is 37.8 Å². The third kappa shape index (κ3) is 4.18. The predicted octanol–water partition coefficient (Wildman–Crippen LogP) is 4.69. The van der Waals surface area contributed by atoms with Crippen LogP contribution in [0.15, 0.2) is 48.7 Å². The number of ether oxygens (including phenoxy) is 1. The minimum absolute atomic E-state index is 0.0783. The van der Waals surface area contributed by atoms with Crippen LogP contribution in [-0.4, -0.2) is 61.7 Å². The maximum absolute atomic E-state index is 13.4. The number of thiophene rings is 1.